The summed E-state index contributed by atoms with van der Waals surface area (Å²) in [5.41, 5.74) is -0.196. The van der Waals surface area contributed by atoms with Gasteiger partial charge in [-0.15, -0.1) is 0 Å². The van der Waals surface area contributed by atoms with Crippen molar-refractivity contribution in [3.8, 4) is 0 Å². The molecule has 1 aromatic carbocycles. The molecule has 0 aliphatic rings. The molecule has 0 amide bonds. The number of fused-ring (bicyclic) bond motifs is 1. The monoisotopic (exact) mass is 241 g/mol. The molecule has 0 radical (unpaired) electrons. The fourth-order valence-corrected chi connectivity index (χ4v) is 1.71. The zero-order valence-corrected chi connectivity index (χ0v) is 8.97. The molecule has 0 fully saturated rings. The van der Waals surface area contributed by atoms with Crippen LogP contribution in [-0.4, -0.2) is 12.0 Å². The number of pyridine rings is 1. The molecule has 1 heterocycles. The van der Waals surface area contributed by atoms with E-state index in [-0.39, 0.29) is 10.8 Å². The molecule has 17 heavy (non-hydrogen) atoms. The quantitative estimate of drug-likeness (QED) is 0.845. The highest BCUT2D eigenvalue weighted by Gasteiger charge is 2.13. The Morgan fingerprint density at radius 2 is 2.00 bits per heavy atom. The van der Waals surface area contributed by atoms with Crippen molar-refractivity contribution < 1.29 is 12.9 Å². The van der Waals surface area contributed by atoms with E-state index in [1.54, 1.807) is 6.92 Å². The summed E-state index contributed by atoms with van der Waals surface area (Å²) < 4.78 is 48.0. The summed E-state index contributed by atoms with van der Waals surface area (Å²) >= 11 is 0. The van der Waals surface area contributed by atoms with Crippen molar-refractivity contribution in [2.24, 2.45) is 0 Å². The maximum atomic E-state index is 13.3. The predicted octanol–water partition coefficient (Wildman–Crippen LogP) is 2.09. The highest BCUT2D eigenvalue weighted by atomic mass is 19.2. The molecule has 0 saturated carbocycles. The average molecular weight is 241 g/mol. The van der Waals surface area contributed by atoms with Gasteiger partial charge >= 0.3 is 0 Å². The van der Waals surface area contributed by atoms with E-state index in [1.807, 2.05) is 0 Å². The van der Waals surface area contributed by atoms with Gasteiger partial charge in [-0.1, -0.05) is 0 Å². The Kier molecular flexibility index (Phi) is 2.09. The van der Waals surface area contributed by atoms with Gasteiger partial charge in [0.15, 0.2) is 11.6 Å². The fourth-order valence-electron chi connectivity index (χ4n) is 1.71. The maximum absolute atomic E-state index is 13.3. The lowest BCUT2D eigenvalue weighted by Crippen LogP contribution is -2.16. The summed E-state index contributed by atoms with van der Waals surface area (Å²) in [7, 11) is 0. The van der Waals surface area contributed by atoms with E-state index < -0.39 is 30.2 Å². The molecule has 90 valence electrons. The third kappa shape index (κ3) is 1.93. The molecule has 1 aromatic heterocycles. The lowest BCUT2D eigenvalue weighted by molar-refractivity contribution is 0.510. The van der Waals surface area contributed by atoms with Gasteiger partial charge in [0.05, 0.1) is 5.39 Å². The summed E-state index contributed by atoms with van der Waals surface area (Å²) in [4.78, 5) is 14.0. The molecule has 0 aliphatic heterocycles. The standard InChI is InChI=1S/C12H12F2N2O/c1-6(15-2)9-5-16-12(17)8-4-11(14)10(13)3-7(8)9/h3-6,15H,1-2H3,(H,16,17)/i2D3. The van der Waals surface area contributed by atoms with Gasteiger partial charge in [0, 0.05) is 16.4 Å². The van der Waals surface area contributed by atoms with Crippen molar-refractivity contribution in [1.82, 2.24) is 10.3 Å². The number of aromatic amines is 1. The van der Waals surface area contributed by atoms with Gasteiger partial charge < -0.3 is 10.3 Å². The van der Waals surface area contributed by atoms with Gasteiger partial charge in [-0.3, -0.25) is 4.79 Å². The van der Waals surface area contributed by atoms with Crippen LogP contribution in [0.4, 0.5) is 8.78 Å². The number of benzene rings is 1. The van der Waals surface area contributed by atoms with Crippen molar-refractivity contribution in [2.75, 3.05) is 6.98 Å². The second-order valence-corrected chi connectivity index (χ2v) is 3.75. The van der Waals surface area contributed by atoms with E-state index >= 15 is 0 Å². The number of hydrogen-bond donors (Lipinski definition) is 2. The molecular formula is C12H12F2N2O. The second kappa shape index (κ2) is 4.25. The summed E-state index contributed by atoms with van der Waals surface area (Å²) in [6.07, 6.45) is 1.30. The Morgan fingerprint density at radius 1 is 1.35 bits per heavy atom. The van der Waals surface area contributed by atoms with Crippen molar-refractivity contribution in [1.29, 1.82) is 0 Å². The van der Waals surface area contributed by atoms with E-state index in [4.69, 9.17) is 4.11 Å². The van der Waals surface area contributed by atoms with Crippen LogP contribution in [0.1, 0.15) is 22.6 Å². The molecule has 3 nitrogen and oxygen atoms in total. The minimum Gasteiger partial charge on any atom is -0.328 e. The van der Waals surface area contributed by atoms with Gasteiger partial charge in [0.1, 0.15) is 0 Å². The zero-order valence-electron chi connectivity index (χ0n) is 12.0. The molecule has 1 atom stereocenters. The van der Waals surface area contributed by atoms with Crippen LogP contribution in [0, 0.1) is 11.6 Å². The van der Waals surface area contributed by atoms with Crippen LogP contribution < -0.4 is 10.9 Å². The van der Waals surface area contributed by atoms with E-state index in [1.165, 1.54) is 6.20 Å². The summed E-state index contributed by atoms with van der Waals surface area (Å²) in [5, 5.41) is 2.49. The van der Waals surface area contributed by atoms with Gasteiger partial charge in [-0.2, -0.15) is 0 Å². The number of hydrogen-bond acceptors (Lipinski definition) is 2. The van der Waals surface area contributed by atoms with Gasteiger partial charge in [-0.05, 0) is 37.0 Å². The number of halogens is 2. The zero-order chi connectivity index (χ0) is 15.1. The normalized spacial score (nSPS) is 16.3. The Morgan fingerprint density at radius 3 is 2.65 bits per heavy atom. The van der Waals surface area contributed by atoms with Gasteiger partial charge in [-0.25, -0.2) is 8.78 Å². The van der Waals surface area contributed by atoms with Crippen LogP contribution in [0.2, 0.25) is 0 Å². The first kappa shape index (κ1) is 8.36. The highest BCUT2D eigenvalue weighted by molar-refractivity contribution is 5.85. The summed E-state index contributed by atoms with van der Waals surface area (Å²) in [6.45, 7) is -0.832. The first-order valence-corrected chi connectivity index (χ1v) is 4.97. The van der Waals surface area contributed by atoms with Crippen LogP contribution in [0.5, 0.6) is 0 Å². The fraction of sp³-hybridized carbons (Fsp3) is 0.250. The number of aromatic nitrogens is 1. The third-order valence-electron chi connectivity index (χ3n) is 2.66. The lowest BCUT2D eigenvalue weighted by Gasteiger charge is -2.13. The van der Waals surface area contributed by atoms with E-state index in [2.05, 4.69) is 10.3 Å². The molecule has 0 aliphatic carbocycles. The highest BCUT2D eigenvalue weighted by Crippen LogP contribution is 2.23. The van der Waals surface area contributed by atoms with E-state index in [9.17, 15) is 13.6 Å². The van der Waals surface area contributed by atoms with Crippen LogP contribution in [0.3, 0.4) is 0 Å². The Hall–Kier alpha value is -1.75. The van der Waals surface area contributed by atoms with E-state index in [0.717, 1.165) is 12.1 Å². The van der Waals surface area contributed by atoms with Crippen molar-refractivity contribution in [3.05, 3.63) is 45.9 Å². The largest absolute Gasteiger partial charge is 0.328 e. The van der Waals surface area contributed by atoms with Gasteiger partial charge in [0.2, 0.25) is 0 Å². The molecule has 2 N–H and O–H groups in total. The molecule has 5 heteroatoms. The molecule has 1 unspecified atom stereocenters. The van der Waals surface area contributed by atoms with Gasteiger partial charge in [0.25, 0.3) is 5.56 Å². The van der Waals surface area contributed by atoms with Crippen molar-refractivity contribution in [2.45, 2.75) is 13.0 Å². The molecule has 0 spiro atoms. The number of nitrogens with one attached hydrogen (secondary N) is 2. The number of rotatable bonds is 2. The predicted molar refractivity (Wildman–Crippen MR) is 62.0 cm³/mol. The molecule has 2 rings (SSSR count). The number of H-pyrrole nitrogens is 1. The first-order valence-electron chi connectivity index (χ1n) is 6.47. The minimum absolute atomic E-state index is 0.0272. The maximum Gasteiger partial charge on any atom is 0.255 e. The molecular weight excluding hydrogens is 226 g/mol. The van der Waals surface area contributed by atoms with Crippen LogP contribution >= 0.6 is 0 Å². The average Bonchev–Trinajstić information content (AvgIpc) is 2.30. The minimum atomic E-state index is -2.39. The summed E-state index contributed by atoms with van der Waals surface area (Å²) in [6, 6.07) is 1.02. The Balaban J connectivity index is 2.63. The molecule has 2 aromatic rings. The SMILES string of the molecule is [2H]C([2H])([2H])NC(C)c1c[nH]c(=O)c2cc(F)c(F)cc12. The van der Waals surface area contributed by atoms with Crippen LogP contribution in [0.15, 0.2) is 23.1 Å². The lowest BCUT2D eigenvalue weighted by atomic mass is 10.0. The van der Waals surface area contributed by atoms with E-state index in [0.29, 0.717) is 5.56 Å². The molecule has 0 saturated heterocycles. The Labute approximate surface area is 101 Å². The summed E-state index contributed by atoms with van der Waals surface area (Å²) in [5.74, 6) is -2.22. The molecule has 0 bridgehead atoms. The topological polar surface area (TPSA) is 44.9 Å². The van der Waals surface area contributed by atoms with Crippen LogP contribution in [0.25, 0.3) is 10.8 Å². The Bertz CT molecular complexity index is 712. The first-order chi connectivity index (χ1) is 9.19. The third-order valence-corrected chi connectivity index (χ3v) is 2.66. The van der Waals surface area contributed by atoms with Crippen molar-refractivity contribution in [3.63, 3.8) is 0 Å². The second-order valence-electron chi connectivity index (χ2n) is 3.75. The van der Waals surface area contributed by atoms with Crippen LogP contribution in [-0.2, 0) is 0 Å². The smallest absolute Gasteiger partial charge is 0.255 e. The van der Waals surface area contributed by atoms with Crippen molar-refractivity contribution >= 4 is 10.8 Å².